The van der Waals surface area contributed by atoms with Crippen molar-refractivity contribution in [3.63, 3.8) is 0 Å². The van der Waals surface area contributed by atoms with Gasteiger partial charge in [-0.3, -0.25) is 0 Å². The Morgan fingerprint density at radius 2 is 1.95 bits per heavy atom. The average Bonchev–Trinajstić information content (AvgIpc) is 2.45. The van der Waals surface area contributed by atoms with Crippen LogP contribution >= 0.6 is 11.6 Å². The quantitative estimate of drug-likeness (QED) is 0.546. The average molecular weight is 404 g/mol. The van der Waals surface area contributed by atoms with Gasteiger partial charge in [-0.1, -0.05) is 0 Å². The third-order valence-electron chi connectivity index (χ3n) is 3.04. The maximum absolute atomic E-state index is 11.6. The van der Waals surface area contributed by atoms with Crippen LogP contribution in [0.5, 0.6) is 5.75 Å². The Hall–Kier alpha value is -1.17. The molecule has 0 aliphatic heterocycles. The Morgan fingerprint density at radius 3 is 2.50 bits per heavy atom. The number of methoxy groups -OCH3 is 1. The zero-order chi connectivity index (χ0) is 16.5. The summed E-state index contributed by atoms with van der Waals surface area (Å²) in [6, 6.07) is 3.33. The molecule has 118 valence electrons. The van der Waals surface area contributed by atoms with Crippen molar-refractivity contribution in [2.24, 2.45) is 0 Å². The molecule has 0 radical (unpaired) electrons. The number of hydrogen-bond donors (Lipinski definition) is 0. The summed E-state index contributed by atoms with van der Waals surface area (Å²) in [5.41, 5.74) is 2.75. The Balaban J connectivity index is 2.51. The first-order chi connectivity index (χ1) is 10.3. The fourth-order valence-corrected chi connectivity index (χ4v) is 6.69. The van der Waals surface area contributed by atoms with Gasteiger partial charge in [0.2, 0.25) is 0 Å². The molecular weight excluding hydrogens is 389 g/mol. The number of sulfone groups is 1. The van der Waals surface area contributed by atoms with E-state index in [1.54, 1.807) is 13.0 Å². The van der Waals surface area contributed by atoms with Gasteiger partial charge >= 0.3 is 139 Å². The van der Waals surface area contributed by atoms with Crippen LogP contribution in [0.25, 0.3) is 0 Å². The van der Waals surface area contributed by atoms with Crippen molar-refractivity contribution in [3.05, 3.63) is 29.3 Å². The molecule has 1 atom stereocenters. The summed E-state index contributed by atoms with van der Waals surface area (Å²) in [6.07, 6.45) is 2.54. The first-order valence-electron chi connectivity index (χ1n) is 6.21. The molecule has 2 aromatic rings. The monoisotopic (exact) mass is 403 g/mol. The number of halogens is 1. The standard InChI is InChI=1S/C13H15AsClN3O3S/c1-8-9(5-6-10(18-8)22(4,19)20)14(2)12-11(21-3)13(15)17-7-16-12/h5-7H,1-4H3. The molecule has 0 spiro atoms. The fraction of sp³-hybridized carbons (Fsp3) is 0.308. The Kier molecular flexibility index (Phi) is 5.10. The van der Waals surface area contributed by atoms with E-state index in [2.05, 4.69) is 20.7 Å². The first kappa shape index (κ1) is 17.2. The van der Waals surface area contributed by atoms with Crippen LogP contribution in [0.4, 0.5) is 0 Å². The van der Waals surface area contributed by atoms with Gasteiger partial charge in [-0.25, -0.2) is 0 Å². The molecule has 2 heterocycles. The van der Waals surface area contributed by atoms with Gasteiger partial charge in [0.25, 0.3) is 0 Å². The number of nitrogens with zero attached hydrogens (tertiary/aromatic N) is 3. The number of hydrogen-bond acceptors (Lipinski definition) is 6. The summed E-state index contributed by atoms with van der Waals surface area (Å²) in [5.74, 6) is 0.471. The summed E-state index contributed by atoms with van der Waals surface area (Å²) >= 11 is 4.22. The molecule has 0 bridgehead atoms. The predicted octanol–water partition coefficient (Wildman–Crippen LogP) is 0.484. The number of rotatable bonds is 4. The van der Waals surface area contributed by atoms with Crippen molar-refractivity contribution in [1.82, 2.24) is 15.0 Å². The Labute approximate surface area is 139 Å². The van der Waals surface area contributed by atoms with Crippen LogP contribution in [-0.2, 0) is 9.84 Å². The number of aryl methyl sites for hydroxylation is 1. The van der Waals surface area contributed by atoms with Crippen molar-refractivity contribution < 1.29 is 13.2 Å². The molecule has 0 N–H and O–H groups in total. The molecule has 0 amide bonds. The zero-order valence-corrected chi connectivity index (χ0v) is 16.0. The van der Waals surface area contributed by atoms with E-state index in [1.165, 1.54) is 19.5 Å². The van der Waals surface area contributed by atoms with Gasteiger partial charge < -0.3 is 0 Å². The normalized spacial score (nSPS) is 13.0. The van der Waals surface area contributed by atoms with Crippen LogP contribution in [0.3, 0.4) is 0 Å². The van der Waals surface area contributed by atoms with Crippen LogP contribution in [0.1, 0.15) is 5.69 Å². The summed E-state index contributed by atoms with van der Waals surface area (Å²) in [4.78, 5) is 12.4. The minimum absolute atomic E-state index is 0.0730. The van der Waals surface area contributed by atoms with Crippen molar-refractivity contribution >= 4 is 44.9 Å². The topological polar surface area (TPSA) is 82.0 Å². The van der Waals surface area contributed by atoms with Crippen molar-refractivity contribution in [2.75, 3.05) is 13.4 Å². The molecule has 0 aromatic carbocycles. The van der Waals surface area contributed by atoms with Crippen LogP contribution in [0.15, 0.2) is 23.5 Å². The molecule has 0 aliphatic carbocycles. The van der Waals surface area contributed by atoms with E-state index in [0.717, 1.165) is 15.1 Å². The third kappa shape index (κ3) is 3.42. The van der Waals surface area contributed by atoms with E-state index >= 15 is 0 Å². The van der Waals surface area contributed by atoms with E-state index in [1.807, 2.05) is 0 Å². The first-order valence-corrected chi connectivity index (χ1v) is 12.2. The van der Waals surface area contributed by atoms with E-state index in [0.29, 0.717) is 11.4 Å². The second kappa shape index (κ2) is 6.52. The molecule has 9 heteroatoms. The van der Waals surface area contributed by atoms with Crippen LogP contribution < -0.4 is 13.6 Å². The molecule has 0 saturated carbocycles. The molecule has 0 saturated heterocycles. The van der Waals surface area contributed by atoms with Gasteiger partial charge in [-0.05, 0) is 0 Å². The van der Waals surface area contributed by atoms with Gasteiger partial charge in [-0.2, -0.15) is 0 Å². The van der Waals surface area contributed by atoms with Gasteiger partial charge in [-0.15, -0.1) is 0 Å². The van der Waals surface area contributed by atoms with Gasteiger partial charge in [0, 0.05) is 0 Å². The SMILES string of the molecule is COc1c(Cl)ncnc1[As](C)c1ccc(S(C)(=O)=O)nc1C. The molecule has 22 heavy (non-hydrogen) atoms. The molecule has 6 nitrogen and oxygen atoms in total. The van der Waals surface area contributed by atoms with E-state index < -0.39 is 24.5 Å². The van der Waals surface area contributed by atoms with Crippen LogP contribution in [0.2, 0.25) is 10.9 Å². The molecule has 0 fully saturated rings. The van der Waals surface area contributed by atoms with E-state index in [9.17, 15) is 8.42 Å². The fourth-order valence-electron chi connectivity index (χ4n) is 1.96. The van der Waals surface area contributed by atoms with Crippen molar-refractivity contribution in [2.45, 2.75) is 17.7 Å². The minimum atomic E-state index is -3.32. The van der Waals surface area contributed by atoms with Crippen molar-refractivity contribution in [1.29, 1.82) is 0 Å². The van der Waals surface area contributed by atoms with Gasteiger partial charge in [0.1, 0.15) is 0 Å². The number of aromatic nitrogens is 3. The summed E-state index contributed by atoms with van der Waals surface area (Å²) < 4.78 is 30.2. The third-order valence-corrected chi connectivity index (χ3v) is 8.80. The number of ether oxygens (including phenoxy) is 1. The molecular formula is C13H15AsClN3O3S. The van der Waals surface area contributed by atoms with E-state index in [4.69, 9.17) is 16.3 Å². The molecule has 0 aliphatic rings. The molecule has 2 rings (SSSR count). The van der Waals surface area contributed by atoms with E-state index in [-0.39, 0.29) is 10.2 Å². The van der Waals surface area contributed by atoms with Crippen LogP contribution in [0, 0.1) is 6.92 Å². The summed E-state index contributed by atoms with van der Waals surface area (Å²) in [6.45, 7) is 1.80. The second-order valence-corrected chi connectivity index (χ2v) is 11.2. The summed E-state index contributed by atoms with van der Waals surface area (Å²) in [7, 11) is -1.80. The predicted molar refractivity (Wildman–Crippen MR) is 86.6 cm³/mol. The van der Waals surface area contributed by atoms with Gasteiger partial charge in [0.15, 0.2) is 0 Å². The molecule has 1 unspecified atom stereocenters. The van der Waals surface area contributed by atoms with Crippen molar-refractivity contribution in [3.8, 4) is 5.75 Å². The zero-order valence-electron chi connectivity index (χ0n) is 12.5. The number of pyridine rings is 1. The Morgan fingerprint density at radius 1 is 1.27 bits per heavy atom. The Bertz CT molecular complexity index is 814. The van der Waals surface area contributed by atoms with Crippen LogP contribution in [-0.4, -0.2) is 51.4 Å². The second-order valence-electron chi connectivity index (χ2n) is 4.61. The molecule has 2 aromatic heterocycles. The summed E-state index contributed by atoms with van der Waals surface area (Å²) in [5, 5.41) is 0.343. The van der Waals surface area contributed by atoms with Gasteiger partial charge in [0.05, 0.1) is 0 Å². The maximum atomic E-state index is 11.6.